The van der Waals surface area contributed by atoms with Gasteiger partial charge in [0.15, 0.2) is 0 Å². The normalized spacial score (nSPS) is 11.9. The molecule has 134 valence electrons. The summed E-state index contributed by atoms with van der Waals surface area (Å²) in [5, 5.41) is 3.03. The molecule has 1 atom stereocenters. The summed E-state index contributed by atoms with van der Waals surface area (Å²) in [6, 6.07) is 13.9. The van der Waals surface area contributed by atoms with Crippen LogP contribution in [0.1, 0.15) is 27.5 Å². The van der Waals surface area contributed by atoms with E-state index in [-0.39, 0.29) is 11.9 Å². The van der Waals surface area contributed by atoms with E-state index in [4.69, 9.17) is 9.47 Å². The van der Waals surface area contributed by atoms with Crippen LogP contribution < -0.4 is 19.7 Å². The van der Waals surface area contributed by atoms with Gasteiger partial charge in [0.05, 0.1) is 34.9 Å². The van der Waals surface area contributed by atoms with Crippen molar-refractivity contribution < 1.29 is 19.2 Å². The van der Waals surface area contributed by atoms with Gasteiger partial charge >= 0.3 is 0 Å². The fourth-order valence-corrected chi connectivity index (χ4v) is 2.85. The van der Waals surface area contributed by atoms with Gasteiger partial charge in [-0.3, -0.25) is 4.79 Å². The Kier molecular flexibility index (Phi) is 6.42. The molecule has 0 aliphatic heterocycles. The quantitative estimate of drug-likeness (QED) is 0.803. The molecule has 0 bridgehead atoms. The molecule has 0 saturated carbocycles. The highest BCUT2D eigenvalue weighted by atomic mass is 16.5. The van der Waals surface area contributed by atoms with Gasteiger partial charge in [0, 0.05) is 16.7 Å². The monoisotopic (exact) mass is 343 g/mol. The molecule has 5 heteroatoms. The maximum Gasteiger partial charge on any atom is 0.251 e. The molecule has 2 rings (SSSR count). The molecule has 5 nitrogen and oxygen atoms in total. The lowest BCUT2D eigenvalue weighted by atomic mass is 10.1. The lowest BCUT2D eigenvalue weighted by molar-refractivity contribution is -0.890. The molecular weight excluding hydrogens is 316 g/mol. The molecule has 25 heavy (non-hydrogen) atoms. The molecular formula is C20H27N2O3+. The molecule has 0 aromatic heterocycles. The Morgan fingerprint density at radius 2 is 1.64 bits per heavy atom. The SMILES string of the molecule is COc1cc(C(=O)NC[C@@H](c2ccccc2)[NH+](C)C)cc(OC)c1C. The molecule has 2 aromatic rings. The van der Waals surface area contributed by atoms with Crippen molar-refractivity contribution in [2.45, 2.75) is 13.0 Å². The van der Waals surface area contributed by atoms with Gasteiger partial charge in [0.25, 0.3) is 5.91 Å². The Balaban J connectivity index is 2.16. The topological polar surface area (TPSA) is 52.0 Å². The lowest BCUT2D eigenvalue weighted by Gasteiger charge is -2.22. The molecule has 0 saturated heterocycles. The summed E-state index contributed by atoms with van der Waals surface area (Å²) in [6.45, 7) is 2.45. The van der Waals surface area contributed by atoms with Crippen molar-refractivity contribution >= 4 is 5.91 Å². The average molecular weight is 343 g/mol. The number of likely N-dealkylation sites (N-methyl/N-ethyl adjacent to an activating group) is 1. The van der Waals surface area contributed by atoms with Gasteiger partial charge in [-0.2, -0.15) is 0 Å². The van der Waals surface area contributed by atoms with Crippen molar-refractivity contribution in [3.8, 4) is 11.5 Å². The fourth-order valence-electron chi connectivity index (χ4n) is 2.85. The Morgan fingerprint density at radius 1 is 1.08 bits per heavy atom. The lowest BCUT2D eigenvalue weighted by Crippen LogP contribution is -3.07. The first-order valence-corrected chi connectivity index (χ1v) is 8.33. The van der Waals surface area contributed by atoms with Crippen LogP contribution in [0.2, 0.25) is 0 Å². The summed E-state index contributed by atoms with van der Waals surface area (Å²) >= 11 is 0. The third-order valence-corrected chi connectivity index (χ3v) is 4.38. The second kappa shape index (κ2) is 8.53. The zero-order valence-corrected chi connectivity index (χ0v) is 15.6. The summed E-state index contributed by atoms with van der Waals surface area (Å²) < 4.78 is 10.7. The zero-order chi connectivity index (χ0) is 18.4. The highest BCUT2D eigenvalue weighted by molar-refractivity contribution is 5.95. The number of benzene rings is 2. The molecule has 2 aromatic carbocycles. The Hall–Kier alpha value is -2.53. The molecule has 0 aliphatic carbocycles. The number of carbonyl (C=O) groups is 1. The van der Waals surface area contributed by atoms with Gasteiger partial charge in [-0.1, -0.05) is 30.3 Å². The first-order chi connectivity index (χ1) is 12.0. The molecule has 0 radical (unpaired) electrons. The van der Waals surface area contributed by atoms with Crippen LogP contribution in [0.25, 0.3) is 0 Å². The Bertz CT molecular complexity index is 689. The first kappa shape index (κ1) is 18.8. The van der Waals surface area contributed by atoms with Crippen LogP contribution >= 0.6 is 0 Å². The third kappa shape index (κ3) is 4.51. The summed E-state index contributed by atoms with van der Waals surface area (Å²) in [5.41, 5.74) is 2.60. The minimum Gasteiger partial charge on any atom is -0.496 e. The number of ether oxygens (including phenoxy) is 2. The van der Waals surface area contributed by atoms with Gasteiger partial charge in [-0.05, 0) is 19.1 Å². The van der Waals surface area contributed by atoms with E-state index in [1.807, 2.05) is 25.1 Å². The van der Waals surface area contributed by atoms with Crippen LogP contribution in [0.5, 0.6) is 11.5 Å². The van der Waals surface area contributed by atoms with Gasteiger partial charge in [0.1, 0.15) is 17.5 Å². The third-order valence-electron chi connectivity index (χ3n) is 4.38. The molecule has 0 unspecified atom stereocenters. The highest BCUT2D eigenvalue weighted by Crippen LogP contribution is 2.29. The predicted octanol–water partition coefficient (Wildman–Crippen LogP) is 1.63. The van der Waals surface area contributed by atoms with Crippen LogP contribution in [-0.4, -0.2) is 40.8 Å². The van der Waals surface area contributed by atoms with Gasteiger partial charge < -0.3 is 19.7 Å². The Morgan fingerprint density at radius 3 is 2.12 bits per heavy atom. The van der Waals surface area contributed by atoms with Crippen LogP contribution in [0.15, 0.2) is 42.5 Å². The summed E-state index contributed by atoms with van der Waals surface area (Å²) in [7, 11) is 7.35. The number of quaternary nitrogens is 1. The van der Waals surface area contributed by atoms with Crippen molar-refractivity contribution in [1.29, 1.82) is 0 Å². The average Bonchev–Trinajstić information content (AvgIpc) is 2.62. The number of hydrogen-bond acceptors (Lipinski definition) is 3. The number of nitrogens with one attached hydrogen (secondary N) is 2. The van der Waals surface area contributed by atoms with Crippen LogP contribution in [0.3, 0.4) is 0 Å². The van der Waals surface area contributed by atoms with Gasteiger partial charge in [0.2, 0.25) is 0 Å². The first-order valence-electron chi connectivity index (χ1n) is 8.33. The van der Waals surface area contributed by atoms with E-state index in [1.54, 1.807) is 26.4 Å². The Labute approximate surface area is 149 Å². The minimum absolute atomic E-state index is 0.140. The fraction of sp³-hybridized carbons (Fsp3) is 0.350. The minimum atomic E-state index is -0.140. The summed E-state index contributed by atoms with van der Waals surface area (Å²) in [6.07, 6.45) is 0. The second-order valence-electron chi connectivity index (χ2n) is 6.26. The van der Waals surface area contributed by atoms with E-state index in [9.17, 15) is 4.79 Å². The van der Waals surface area contributed by atoms with E-state index in [0.717, 1.165) is 5.56 Å². The zero-order valence-electron chi connectivity index (χ0n) is 15.6. The number of hydrogen-bond donors (Lipinski definition) is 2. The number of amides is 1. The van der Waals surface area contributed by atoms with Gasteiger partial charge in [-0.15, -0.1) is 0 Å². The summed E-state index contributed by atoms with van der Waals surface area (Å²) in [5.74, 6) is 1.14. The second-order valence-corrected chi connectivity index (χ2v) is 6.26. The van der Waals surface area contributed by atoms with Crippen molar-refractivity contribution in [3.05, 3.63) is 59.2 Å². The van der Waals surface area contributed by atoms with Crippen molar-refractivity contribution in [1.82, 2.24) is 5.32 Å². The molecule has 2 N–H and O–H groups in total. The molecule has 0 heterocycles. The van der Waals surface area contributed by atoms with Crippen LogP contribution in [-0.2, 0) is 0 Å². The molecule has 1 amide bonds. The number of carbonyl (C=O) groups excluding carboxylic acids is 1. The van der Waals surface area contributed by atoms with Crippen LogP contribution in [0, 0.1) is 6.92 Å². The number of methoxy groups -OCH3 is 2. The van der Waals surface area contributed by atoms with E-state index < -0.39 is 0 Å². The van der Waals surface area contributed by atoms with Crippen LogP contribution in [0.4, 0.5) is 0 Å². The van der Waals surface area contributed by atoms with E-state index in [0.29, 0.717) is 23.6 Å². The van der Waals surface area contributed by atoms with E-state index in [1.165, 1.54) is 10.5 Å². The van der Waals surface area contributed by atoms with Gasteiger partial charge in [-0.25, -0.2) is 0 Å². The van der Waals surface area contributed by atoms with E-state index >= 15 is 0 Å². The standard InChI is InChI=1S/C20H26N2O3/c1-14-18(24-4)11-16(12-19(14)25-5)20(23)21-13-17(22(2)3)15-9-7-6-8-10-15/h6-12,17H,13H2,1-5H3,(H,21,23)/p+1/t17-/m0/s1. The maximum atomic E-state index is 12.6. The smallest absolute Gasteiger partial charge is 0.251 e. The van der Waals surface area contributed by atoms with Crippen molar-refractivity contribution in [2.75, 3.05) is 34.9 Å². The molecule has 0 spiro atoms. The highest BCUT2D eigenvalue weighted by Gasteiger charge is 2.20. The number of rotatable bonds is 7. The summed E-state index contributed by atoms with van der Waals surface area (Å²) in [4.78, 5) is 13.9. The largest absolute Gasteiger partial charge is 0.496 e. The molecule has 0 aliphatic rings. The van der Waals surface area contributed by atoms with Crippen molar-refractivity contribution in [3.63, 3.8) is 0 Å². The maximum absolute atomic E-state index is 12.6. The predicted molar refractivity (Wildman–Crippen MR) is 98.6 cm³/mol. The van der Waals surface area contributed by atoms with Crippen molar-refractivity contribution in [2.24, 2.45) is 0 Å². The van der Waals surface area contributed by atoms with E-state index in [2.05, 4.69) is 31.5 Å². The molecule has 0 fully saturated rings.